The van der Waals surface area contributed by atoms with Gasteiger partial charge in [-0.15, -0.1) is 0 Å². The number of carbonyl (C=O) groups is 2. The summed E-state index contributed by atoms with van der Waals surface area (Å²) in [7, 11) is 1.80. The van der Waals surface area contributed by atoms with E-state index in [4.69, 9.17) is 9.47 Å². The summed E-state index contributed by atoms with van der Waals surface area (Å²) in [6.45, 7) is 7.76. The number of amides is 1. The van der Waals surface area contributed by atoms with Gasteiger partial charge in [-0.3, -0.25) is 4.90 Å². The predicted octanol–water partition coefficient (Wildman–Crippen LogP) is 1.82. The first-order chi connectivity index (χ1) is 10.2. The molecule has 0 saturated carbocycles. The number of fused-ring (bicyclic) bond motifs is 1. The number of ether oxygens (including phenoxy) is 2. The molecule has 7 nitrogen and oxygen atoms in total. The highest BCUT2D eigenvalue weighted by Gasteiger charge is 2.41. The molecule has 0 bridgehead atoms. The summed E-state index contributed by atoms with van der Waals surface area (Å²) in [6, 6.07) is -0.814. The molecule has 0 spiro atoms. The van der Waals surface area contributed by atoms with Crippen LogP contribution in [0, 0.1) is 0 Å². The van der Waals surface area contributed by atoms with E-state index in [-0.39, 0.29) is 6.61 Å². The molecule has 0 saturated heterocycles. The van der Waals surface area contributed by atoms with Crippen LogP contribution in [0.3, 0.4) is 0 Å². The summed E-state index contributed by atoms with van der Waals surface area (Å²) in [5.74, 6) is -0.460. The van der Waals surface area contributed by atoms with Crippen molar-refractivity contribution in [2.45, 2.75) is 45.8 Å². The Morgan fingerprint density at radius 2 is 2.09 bits per heavy atom. The van der Waals surface area contributed by atoms with Gasteiger partial charge in [0.05, 0.1) is 24.3 Å². The molecule has 0 radical (unpaired) electrons. The zero-order valence-corrected chi connectivity index (χ0v) is 13.8. The van der Waals surface area contributed by atoms with Gasteiger partial charge in [-0.25, -0.2) is 14.6 Å². The quantitative estimate of drug-likeness (QED) is 0.779. The van der Waals surface area contributed by atoms with Gasteiger partial charge in [0.25, 0.3) is 0 Å². The van der Waals surface area contributed by atoms with Crippen molar-refractivity contribution in [3.8, 4) is 0 Å². The summed E-state index contributed by atoms with van der Waals surface area (Å²) in [4.78, 5) is 30.5. The van der Waals surface area contributed by atoms with Crippen molar-refractivity contribution >= 4 is 12.1 Å². The van der Waals surface area contributed by atoms with Gasteiger partial charge in [0.15, 0.2) is 6.04 Å². The van der Waals surface area contributed by atoms with Gasteiger partial charge < -0.3 is 14.0 Å². The Kier molecular flexibility index (Phi) is 4.44. The summed E-state index contributed by atoms with van der Waals surface area (Å²) >= 11 is 0. The van der Waals surface area contributed by atoms with E-state index in [1.54, 1.807) is 45.6 Å². The van der Waals surface area contributed by atoms with E-state index in [0.29, 0.717) is 18.7 Å². The Morgan fingerprint density at radius 3 is 2.68 bits per heavy atom. The van der Waals surface area contributed by atoms with Crippen LogP contribution in [0.4, 0.5) is 4.79 Å². The first kappa shape index (κ1) is 16.3. The average Bonchev–Trinajstić information content (AvgIpc) is 2.78. The highest BCUT2D eigenvalue weighted by atomic mass is 16.6. The van der Waals surface area contributed by atoms with Gasteiger partial charge in [-0.05, 0) is 27.7 Å². The molecule has 0 aromatic carbocycles. The van der Waals surface area contributed by atoms with Crippen LogP contribution in [-0.4, -0.2) is 45.3 Å². The van der Waals surface area contributed by atoms with Crippen LogP contribution in [-0.2, 0) is 27.7 Å². The van der Waals surface area contributed by atoms with Crippen molar-refractivity contribution < 1.29 is 19.1 Å². The summed E-state index contributed by atoms with van der Waals surface area (Å²) in [5, 5.41) is 0. The summed E-state index contributed by atoms with van der Waals surface area (Å²) < 4.78 is 12.3. The second-order valence-corrected chi connectivity index (χ2v) is 6.27. The zero-order chi connectivity index (χ0) is 16.5. The lowest BCUT2D eigenvalue weighted by Crippen LogP contribution is -2.46. The fraction of sp³-hybridized carbons (Fsp3) is 0.667. The van der Waals surface area contributed by atoms with Gasteiger partial charge in [0.2, 0.25) is 0 Å². The Morgan fingerprint density at radius 1 is 1.41 bits per heavy atom. The number of hydrogen-bond acceptors (Lipinski definition) is 5. The Hall–Kier alpha value is -2.05. The molecule has 1 aromatic rings. The van der Waals surface area contributed by atoms with Crippen molar-refractivity contribution in [3.63, 3.8) is 0 Å². The Labute approximate surface area is 130 Å². The van der Waals surface area contributed by atoms with Gasteiger partial charge in [-0.1, -0.05) is 0 Å². The topological polar surface area (TPSA) is 73.7 Å². The van der Waals surface area contributed by atoms with Crippen LogP contribution in [0.15, 0.2) is 6.33 Å². The molecule has 1 amide bonds. The minimum Gasteiger partial charge on any atom is -0.464 e. The molecule has 1 aromatic heterocycles. The highest BCUT2D eigenvalue weighted by molar-refractivity contribution is 5.83. The van der Waals surface area contributed by atoms with Gasteiger partial charge in [0, 0.05) is 20.0 Å². The first-order valence-electron chi connectivity index (χ1n) is 7.41. The van der Waals surface area contributed by atoms with E-state index in [0.717, 1.165) is 5.69 Å². The van der Waals surface area contributed by atoms with Crippen LogP contribution in [0.5, 0.6) is 0 Å². The fourth-order valence-electron chi connectivity index (χ4n) is 2.51. The normalized spacial score (nSPS) is 17.9. The first-order valence-corrected chi connectivity index (χ1v) is 7.41. The molecule has 22 heavy (non-hydrogen) atoms. The van der Waals surface area contributed by atoms with E-state index < -0.39 is 23.7 Å². The van der Waals surface area contributed by atoms with Crippen LogP contribution in [0.2, 0.25) is 0 Å². The van der Waals surface area contributed by atoms with Gasteiger partial charge in [0.1, 0.15) is 5.60 Å². The molecular weight excluding hydrogens is 286 g/mol. The lowest BCUT2D eigenvalue weighted by molar-refractivity contribution is -0.150. The van der Waals surface area contributed by atoms with E-state index in [9.17, 15) is 9.59 Å². The third kappa shape index (κ3) is 3.23. The molecule has 0 N–H and O–H groups in total. The van der Waals surface area contributed by atoms with Crippen LogP contribution < -0.4 is 0 Å². The lowest BCUT2D eigenvalue weighted by atomic mass is 10.0. The fourth-order valence-corrected chi connectivity index (χ4v) is 2.51. The molecule has 2 heterocycles. The van der Waals surface area contributed by atoms with E-state index >= 15 is 0 Å². The third-order valence-electron chi connectivity index (χ3n) is 3.36. The van der Waals surface area contributed by atoms with E-state index in [2.05, 4.69) is 4.98 Å². The average molecular weight is 309 g/mol. The minimum atomic E-state index is -0.814. The maximum Gasteiger partial charge on any atom is 0.411 e. The molecule has 1 atom stereocenters. The van der Waals surface area contributed by atoms with Crippen molar-refractivity contribution in [2.75, 3.05) is 13.2 Å². The number of aryl methyl sites for hydroxylation is 1. The van der Waals surface area contributed by atoms with E-state index in [1.807, 2.05) is 0 Å². The van der Waals surface area contributed by atoms with Crippen molar-refractivity contribution in [1.29, 1.82) is 0 Å². The standard InChI is InChI=1S/C15H23N3O4/c1-6-21-13(19)12-11-10(16-9-17(11)5)7-8-18(12)14(20)22-15(2,3)4/h9,12H,6-8H2,1-5H3/t12-/m1/s1. The maximum atomic E-state index is 12.4. The van der Waals surface area contributed by atoms with Crippen LogP contribution in [0.25, 0.3) is 0 Å². The Bertz CT molecular complexity index is 574. The van der Waals surface area contributed by atoms with Crippen molar-refractivity contribution in [3.05, 3.63) is 17.7 Å². The van der Waals surface area contributed by atoms with Crippen LogP contribution in [0.1, 0.15) is 45.1 Å². The minimum absolute atomic E-state index is 0.255. The monoisotopic (exact) mass is 309 g/mol. The highest BCUT2D eigenvalue weighted by Crippen LogP contribution is 2.31. The largest absolute Gasteiger partial charge is 0.464 e. The molecule has 122 valence electrons. The molecule has 0 aliphatic carbocycles. The number of aromatic nitrogens is 2. The molecule has 0 fully saturated rings. The second-order valence-electron chi connectivity index (χ2n) is 6.27. The molecule has 1 aliphatic rings. The zero-order valence-electron chi connectivity index (χ0n) is 13.8. The number of carbonyl (C=O) groups excluding carboxylic acids is 2. The lowest BCUT2D eigenvalue weighted by Gasteiger charge is -2.35. The molecule has 1 aliphatic heterocycles. The maximum absolute atomic E-state index is 12.4. The van der Waals surface area contributed by atoms with E-state index in [1.165, 1.54) is 4.90 Å². The summed E-state index contributed by atoms with van der Waals surface area (Å²) in [6.07, 6.45) is 1.72. The van der Waals surface area contributed by atoms with Gasteiger partial charge in [-0.2, -0.15) is 0 Å². The molecular formula is C15H23N3O4. The summed E-state index contributed by atoms with van der Waals surface area (Å²) in [5.41, 5.74) is 0.888. The van der Waals surface area contributed by atoms with Crippen LogP contribution >= 0.6 is 0 Å². The third-order valence-corrected chi connectivity index (χ3v) is 3.36. The molecule has 0 unspecified atom stereocenters. The van der Waals surface area contributed by atoms with Gasteiger partial charge >= 0.3 is 12.1 Å². The van der Waals surface area contributed by atoms with Crippen molar-refractivity contribution in [1.82, 2.24) is 14.5 Å². The SMILES string of the molecule is CCOC(=O)[C@H]1c2c(ncn2C)CCN1C(=O)OC(C)(C)C. The number of imidazole rings is 1. The predicted molar refractivity (Wildman–Crippen MR) is 79.2 cm³/mol. The Balaban J connectivity index is 2.35. The molecule has 7 heteroatoms. The number of nitrogens with zero attached hydrogens (tertiary/aromatic N) is 3. The van der Waals surface area contributed by atoms with Crippen molar-refractivity contribution in [2.24, 2.45) is 7.05 Å². The number of esters is 1. The number of rotatable bonds is 2. The number of hydrogen-bond donors (Lipinski definition) is 0. The second kappa shape index (κ2) is 5.98. The smallest absolute Gasteiger partial charge is 0.411 e. The molecule has 2 rings (SSSR count).